The standard InChI is InChI=1S/C25H31N3O2S/c1-16(2)26-25(29)24-13-20(31-19-11-9-18(30-4)10-12-19)14-28(24)15-22-17(3)27-23-8-6-5-7-21(22)23/h5-12,16,20,24,27H,13-15H2,1-4H3,(H,26,29)/t20-,24+/m1/s1. The molecule has 2 N–H and O–H groups in total. The van der Waals surface area contributed by atoms with Gasteiger partial charge in [0.15, 0.2) is 0 Å². The molecule has 0 bridgehead atoms. The maximum atomic E-state index is 13.0. The number of thioether (sulfide) groups is 1. The Kier molecular flexibility index (Phi) is 6.58. The SMILES string of the molecule is COc1ccc(S[C@@H]2C[C@@H](C(=O)NC(C)C)N(Cc3c(C)[nH]c4ccccc34)C2)cc1. The molecule has 31 heavy (non-hydrogen) atoms. The summed E-state index contributed by atoms with van der Waals surface area (Å²) in [5.41, 5.74) is 3.62. The van der Waals surface area contributed by atoms with Crippen LogP contribution in [-0.4, -0.2) is 46.8 Å². The van der Waals surface area contributed by atoms with E-state index in [1.54, 1.807) is 7.11 Å². The average Bonchev–Trinajstić information content (AvgIpc) is 3.29. The van der Waals surface area contributed by atoms with Crippen LogP contribution in [0.15, 0.2) is 53.4 Å². The molecule has 6 heteroatoms. The lowest BCUT2D eigenvalue weighted by molar-refractivity contribution is -0.126. The quantitative estimate of drug-likeness (QED) is 0.560. The van der Waals surface area contributed by atoms with Crippen LogP contribution < -0.4 is 10.1 Å². The van der Waals surface area contributed by atoms with E-state index in [-0.39, 0.29) is 18.0 Å². The number of rotatable bonds is 7. The number of likely N-dealkylation sites (tertiary alicyclic amines) is 1. The first-order valence-electron chi connectivity index (χ1n) is 10.9. The number of aromatic amines is 1. The van der Waals surface area contributed by atoms with Crippen molar-refractivity contribution in [1.29, 1.82) is 0 Å². The molecule has 1 amide bonds. The van der Waals surface area contributed by atoms with Crippen molar-refractivity contribution >= 4 is 28.6 Å². The Morgan fingerprint density at radius 3 is 2.68 bits per heavy atom. The predicted octanol–water partition coefficient (Wildman–Crippen LogP) is 4.74. The van der Waals surface area contributed by atoms with Gasteiger partial charge in [0.1, 0.15) is 5.75 Å². The van der Waals surface area contributed by atoms with Crippen LogP contribution in [0.1, 0.15) is 31.5 Å². The first kappa shape index (κ1) is 21.8. The van der Waals surface area contributed by atoms with Crippen molar-refractivity contribution in [2.75, 3.05) is 13.7 Å². The monoisotopic (exact) mass is 437 g/mol. The summed E-state index contributed by atoms with van der Waals surface area (Å²) in [6.45, 7) is 7.81. The van der Waals surface area contributed by atoms with Gasteiger partial charge in [-0.3, -0.25) is 9.69 Å². The highest BCUT2D eigenvalue weighted by Crippen LogP contribution is 2.35. The third-order valence-electron chi connectivity index (χ3n) is 5.85. The molecule has 3 aromatic rings. The Morgan fingerprint density at radius 2 is 1.97 bits per heavy atom. The fourth-order valence-corrected chi connectivity index (χ4v) is 5.59. The number of H-pyrrole nitrogens is 1. The van der Waals surface area contributed by atoms with Crippen LogP contribution in [0.3, 0.4) is 0 Å². The molecular formula is C25H31N3O2S. The molecule has 0 aliphatic carbocycles. The first-order valence-corrected chi connectivity index (χ1v) is 11.7. The number of carbonyl (C=O) groups is 1. The molecule has 2 atom stereocenters. The van der Waals surface area contributed by atoms with Gasteiger partial charge >= 0.3 is 0 Å². The number of fused-ring (bicyclic) bond motifs is 1. The zero-order valence-corrected chi connectivity index (χ0v) is 19.5. The van der Waals surface area contributed by atoms with Gasteiger partial charge < -0.3 is 15.0 Å². The smallest absolute Gasteiger partial charge is 0.237 e. The first-order chi connectivity index (χ1) is 14.9. The number of para-hydroxylation sites is 1. The normalized spacial score (nSPS) is 19.3. The molecule has 1 fully saturated rings. The third kappa shape index (κ3) is 4.91. The Balaban J connectivity index is 1.55. The number of benzene rings is 2. The number of aryl methyl sites for hydroxylation is 1. The third-order valence-corrected chi connectivity index (χ3v) is 7.07. The highest BCUT2D eigenvalue weighted by Gasteiger charge is 2.37. The molecule has 0 radical (unpaired) electrons. The van der Waals surface area contributed by atoms with Gasteiger partial charge in [-0.25, -0.2) is 0 Å². The minimum atomic E-state index is -0.119. The molecule has 2 heterocycles. The second-order valence-electron chi connectivity index (χ2n) is 8.53. The number of nitrogens with zero attached hydrogens (tertiary/aromatic N) is 1. The molecule has 1 aliphatic heterocycles. The van der Waals surface area contributed by atoms with E-state index < -0.39 is 0 Å². The van der Waals surface area contributed by atoms with Crippen LogP contribution >= 0.6 is 11.8 Å². The molecular weight excluding hydrogens is 406 g/mol. The Morgan fingerprint density at radius 1 is 1.23 bits per heavy atom. The molecule has 164 valence electrons. The summed E-state index contributed by atoms with van der Waals surface area (Å²) < 4.78 is 5.27. The van der Waals surface area contributed by atoms with Gasteiger partial charge in [-0.05, 0) is 63.1 Å². The molecule has 2 aromatic carbocycles. The van der Waals surface area contributed by atoms with E-state index in [0.29, 0.717) is 5.25 Å². The highest BCUT2D eigenvalue weighted by atomic mass is 32.2. The van der Waals surface area contributed by atoms with Gasteiger partial charge in [0, 0.05) is 45.9 Å². The van der Waals surface area contributed by atoms with E-state index in [1.807, 2.05) is 37.7 Å². The maximum absolute atomic E-state index is 13.0. The number of hydrogen-bond donors (Lipinski definition) is 2. The summed E-state index contributed by atoms with van der Waals surface area (Å²) in [5, 5.41) is 4.74. The number of carbonyl (C=O) groups excluding carboxylic acids is 1. The van der Waals surface area contributed by atoms with Crippen molar-refractivity contribution < 1.29 is 9.53 Å². The van der Waals surface area contributed by atoms with Gasteiger partial charge in [0.25, 0.3) is 0 Å². The van der Waals surface area contributed by atoms with E-state index >= 15 is 0 Å². The second-order valence-corrected chi connectivity index (χ2v) is 9.91. The number of aromatic nitrogens is 1. The summed E-state index contributed by atoms with van der Waals surface area (Å²) >= 11 is 1.85. The largest absolute Gasteiger partial charge is 0.497 e. The molecule has 1 saturated heterocycles. The molecule has 1 aliphatic rings. The molecule has 5 nitrogen and oxygen atoms in total. The fraction of sp³-hybridized carbons (Fsp3) is 0.400. The van der Waals surface area contributed by atoms with Gasteiger partial charge in [0.2, 0.25) is 5.91 Å². The summed E-state index contributed by atoms with van der Waals surface area (Å²) in [4.78, 5) is 20.1. The number of hydrogen-bond acceptors (Lipinski definition) is 4. The topological polar surface area (TPSA) is 57.4 Å². The Bertz CT molecular complexity index is 1040. The van der Waals surface area contributed by atoms with Crippen LogP contribution in [0.5, 0.6) is 5.75 Å². The summed E-state index contributed by atoms with van der Waals surface area (Å²) in [5.74, 6) is 0.992. The fourth-order valence-electron chi connectivity index (χ4n) is 4.36. The van der Waals surface area contributed by atoms with Crippen LogP contribution in [0.2, 0.25) is 0 Å². The molecule has 1 aromatic heterocycles. The summed E-state index contributed by atoms with van der Waals surface area (Å²) in [6, 6.07) is 16.6. The Labute approximate surface area is 188 Å². The summed E-state index contributed by atoms with van der Waals surface area (Å²) in [7, 11) is 1.68. The maximum Gasteiger partial charge on any atom is 0.237 e. The summed E-state index contributed by atoms with van der Waals surface area (Å²) in [6.07, 6.45) is 0.844. The predicted molar refractivity (Wildman–Crippen MR) is 128 cm³/mol. The number of methoxy groups -OCH3 is 1. The van der Waals surface area contributed by atoms with E-state index in [1.165, 1.54) is 21.5 Å². The lowest BCUT2D eigenvalue weighted by atomic mass is 10.1. The molecule has 0 spiro atoms. The van der Waals surface area contributed by atoms with Gasteiger partial charge in [0.05, 0.1) is 13.2 Å². The van der Waals surface area contributed by atoms with Crippen LogP contribution in [0.4, 0.5) is 0 Å². The van der Waals surface area contributed by atoms with Crippen LogP contribution in [0, 0.1) is 6.92 Å². The van der Waals surface area contributed by atoms with Gasteiger partial charge in [-0.15, -0.1) is 11.8 Å². The van der Waals surface area contributed by atoms with E-state index in [4.69, 9.17) is 4.74 Å². The van der Waals surface area contributed by atoms with Gasteiger partial charge in [-0.1, -0.05) is 18.2 Å². The van der Waals surface area contributed by atoms with E-state index in [2.05, 4.69) is 58.5 Å². The average molecular weight is 438 g/mol. The number of ether oxygens (including phenoxy) is 1. The van der Waals surface area contributed by atoms with Gasteiger partial charge in [-0.2, -0.15) is 0 Å². The van der Waals surface area contributed by atoms with Crippen molar-refractivity contribution in [2.24, 2.45) is 0 Å². The Hall–Kier alpha value is -2.44. The van der Waals surface area contributed by atoms with Crippen molar-refractivity contribution in [3.8, 4) is 5.75 Å². The molecule has 0 unspecified atom stereocenters. The van der Waals surface area contributed by atoms with E-state index in [9.17, 15) is 4.79 Å². The molecule has 0 saturated carbocycles. The van der Waals surface area contributed by atoms with Crippen LogP contribution in [0.25, 0.3) is 10.9 Å². The van der Waals surface area contributed by atoms with Crippen molar-refractivity contribution in [1.82, 2.24) is 15.2 Å². The zero-order valence-electron chi connectivity index (χ0n) is 18.6. The highest BCUT2D eigenvalue weighted by molar-refractivity contribution is 8.00. The van der Waals surface area contributed by atoms with E-state index in [0.717, 1.165) is 30.8 Å². The van der Waals surface area contributed by atoms with Crippen molar-refractivity contribution in [2.45, 2.75) is 56.0 Å². The van der Waals surface area contributed by atoms with Crippen molar-refractivity contribution in [3.63, 3.8) is 0 Å². The lowest BCUT2D eigenvalue weighted by Crippen LogP contribution is -2.45. The van der Waals surface area contributed by atoms with Crippen LogP contribution in [-0.2, 0) is 11.3 Å². The van der Waals surface area contributed by atoms with Crippen molar-refractivity contribution in [3.05, 3.63) is 59.8 Å². The lowest BCUT2D eigenvalue weighted by Gasteiger charge is -2.24. The second kappa shape index (κ2) is 9.37. The number of nitrogens with one attached hydrogen (secondary N) is 2. The minimum Gasteiger partial charge on any atom is -0.497 e. The zero-order chi connectivity index (χ0) is 22.0. The minimum absolute atomic E-state index is 0.119. The number of amides is 1. The molecule has 4 rings (SSSR count).